The first-order valence-corrected chi connectivity index (χ1v) is 13.1. The number of hydrogen-bond donors (Lipinski definition) is 0. The van der Waals surface area contributed by atoms with E-state index in [1.54, 1.807) is 0 Å². The van der Waals surface area contributed by atoms with Crippen LogP contribution < -0.4 is 0 Å². The largest absolute Gasteiger partial charge is 0.299 e. The van der Waals surface area contributed by atoms with Gasteiger partial charge in [-0.05, 0) is 50.7 Å². The molecule has 0 aromatic carbocycles. The molecule has 0 radical (unpaired) electrons. The first-order valence-electron chi connectivity index (χ1n) is 10.9. The molecule has 0 saturated heterocycles. The number of rotatable bonds is 3. The van der Waals surface area contributed by atoms with Crippen molar-refractivity contribution in [3.8, 4) is 0 Å². The number of Topliss-reactive ketones (excluding diaryl/α,β-unsaturated/α-hetero) is 2. The van der Waals surface area contributed by atoms with Gasteiger partial charge in [-0.2, -0.15) is 23.5 Å². The molecule has 4 fully saturated rings. The van der Waals surface area contributed by atoms with Crippen LogP contribution >= 0.6 is 23.5 Å². The number of fused-ring (bicyclic) bond motifs is 2. The van der Waals surface area contributed by atoms with E-state index in [4.69, 9.17) is 0 Å². The molecule has 4 heteroatoms. The van der Waals surface area contributed by atoms with Gasteiger partial charge in [0.1, 0.15) is 11.6 Å². The van der Waals surface area contributed by atoms with Crippen molar-refractivity contribution < 1.29 is 9.59 Å². The van der Waals surface area contributed by atoms with Gasteiger partial charge < -0.3 is 0 Å². The zero-order chi connectivity index (χ0) is 18.3. The van der Waals surface area contributed by atoms with Crippen molar-refractivity contribution in [1.82, 2.24) is 0 Å². The van der Waals surface area contributed by atoms with Crippen molar-refractivity contribution in [2.75, 3.05) is 6.26 Å². The summed E-state index contributed by atoms with van der Waals surface area (Å²) in [7, 11) is 0. The minimum absolute atomic E-state index is 0.0333. The summed E-state index contributed by atoms with van der Waals surface area (Å²) in [5, 5.41) is 1.52. The van der Waals surface area contributed by atoms with Gasteiger partial charge in [0.25, 0.3) is 0 Å². The average Bonchev–Trinajstić information content (AvgIpc) is 2.65. The van der Waals surface area contributed by atoms with E-state index in [0.29, 0.717) is 27.3 Å². The van der Waals surface area contributed by atoms with Crippen molar-refractivity contribution in [3.63, 3.8) is 0 Å². The zero-order valence-corrected chi connectivity index (χ0v) is 18.0. The first kappa shape index (κ1) is 19.4. The molecular formula is C22H34O2S2. The van der Waals surface area contributed by atoms with E-state index in [9.17, 15) is 9.59 Å². The summed E-state index contributed by atoms with van der Waals surface area (Å²) in [5.41, 5.74) is 0. The number of carbonyl (C=O) groups excluding carboxylic acids is 2. The van der Waals surface area contributed by atoms with Crippen LogP contribution in [-0.2, 0) is 9.59 Å². The van der Waals surface area contributed by atoms with Gasteiger partial charge in [-0.15, -0.1) is 0 Å². The maximum Gasteiger partial charge on any atom is 0.141 e. The van der Waals surface area contributed by atoms with E-state index in [1.165, 1.54) is 25.7 Å². The Morgan fingerprint density at radius 1 is 0.769 bits per heavy atom. The van der Waals surface area contributed by atoms with Gasteiger partial charge in [0.15, 0.2) is 0 Å². The highest BCUT2D eigenvalue weighted by atomic mass is 32.2. The van der Waals surface area contributed by atoms with Crippen LogP contribution in [0.5, 0.6) is 0 Å². The quantitative estimate of drug-likeness (QED) is 0.643. The third-order valence-electron chi connectivity index (χ3n) is 7.62. The monoisotopic (exact) mass is 394 g/mol. The Hall–Kier alpha value is 0.0400. The molecule has 0 bridgehead atoms. The Morgan fingerprint density at radius 2 is 1.35 bits per heavy atom. The summed E-state index contributed by atoms with van der Waals surface area (Å²) in [6, 6.07) is 0. The summed E-state index contributed by atoms with van der Waals surface area (Å²) < 4.78 is 0. The second-order valence-corrected chi connectivity index (χ2v) is 11.9. The van der Waals surface area contributed by atoms with Gasteiger partial charge in [0, 0.05) is 39.4 Å². The molecule has 0 spiro atoms. The maximum absolute atomic E-state index is 13.5. The van der Waals surface area contributed by atoms with Crippen molar-refractivity contribution in [3.05, 3.63) is 0 Å². The van der Waals surface area contributed by atoms with Crippen molar-refractivity contribution >= 4 is 35.1 Å². The molecule has 4 rings (SSSR count). The van der Waals surface area contributed by atoms with Gasteiger partial charge >= 0.3 is 0 Å². The van der Waals surface area contributed by atoms with Crippen LogP contribution in [-0.4, -0.2) is 33.6 Å². The molecule has 4 aliphatic rings. The minimum atomic E-state index is 0.0333. The smallest absolute Gasteiger partial charge is 0.141 e. The molecule has 0 N–H and O–H groups in total. The van der Waals surface area contributed by atoms with E-state index in [0.717, 1.165) is 44.4 Å². The van der Waals surface area contributed by atoms with Crippen LogP contribution in [0, 0.1) is 29.6 Å². The summed E-state index contributed by atoms with van der Waals surface area (Å²) in [6.07, 6.45) is 13.9. The van der Waals surface area contributed by atoms with E-state index in [2.05, 4.69) is 24.9 Å². The third kappa shape index (κ3) is 3.54. The number of hydrogen-bond acceptors (Lipinski definition) is 4. The molecule has 0 heterocycles. The minimum Gasteiger partial charge on any atom is -0.299 e. The SMILES string of the molecule is CSC1CCCC2C(=O)C3C(SC4CCCC(C)C4)CCCC3C(=O)C12. The summed E-state index contributed by atoms with van der Waals surface area (Å²) in [5.74, 6) is 1.95. The Morgan fingerprint density at radius 3 is 1.96 bits per heavy atom. The van der Waals surface area contributed by atoms with E-state index >= 15 is 0 Å². The lowest BCUT2D eigenvalue weighted by Gasteiger charge is -2.49. The van der Waals surface area contributed by atoms with E-state index in [1.807, 2.05) is 11.8 Å². The van der Waals surface area contributed by atoms with Crippen molar-refractivity contribution in [2.24, 2.45) is 29.6 Å². The number of ketones is 2. The Balaban J connectivity index is 1.53. The van der Waals surface area contributed by atoms with E-state index in [-0.39, 0.29) is 23.7 Å². The van der Waals surface area contributed by atoms with Gasteiger partial charge in [0.2, 0.25) is 0 Å². The number of thioether (sulfide) groups is 2. The molecule has 146 valence electrons. The molecule has 0 aliphatic heterocycles. The van der Waals surface area contributed by atoms with Crippen LogP contribution in [0.1, 0.15) is 71.1 Å². The number of carbonyl (C=O) groups is 2. The second-order valence-electron chi connectivity index (χ2n) is 9.27. The van der Waals surface area contributed by atoms with E-state index < -0.39 is 0 Å². The van der Waals surface area contributed by atoms with Crippen LogP contribution in [0.3, 0.4) is 0 Å². The Kier molecular flexibility index (Phi) is 6.10. The van der Waals surface area contributed by atoms with Crippen molar-refractivity contribution in [2.45, 2.75) is 86.9 Å². The summed E-state index contributed by atoms with van der Waals surface area (Å²) in [6.45, 7) is 2.38. The lowest BCUT2D eigenvalue weighted by molar-refractivity contribution is -0.150. The zero-order valence-electron chi connectivity index (χ0n) is 16.3. The topological polar surface area (TPSA) is 34.1 Å². The molecule has 2 nitrogen and oxygen atoms in total. The third-order valence-corrected chi connectivity index (χ3v) is 10.4. The predicted molar refractivity (Wildman–Crippen MR) is 112 cm³/mol. The molecule has 8 unspecified atom stereocenters. The molecule has 26 heavy (non-hydrogen) atoms. The molecule has 4 saturated carbocycles. The fourth-order valence-electron chi connectivity index (χ4n) is 6.38. The van der Waals surface area contributed by atoms with Crippen molar-refractivity contribution in [1.29, 1.82) is 0 Å². The maximum atomic E-state index is 13.5. The van der Waals surface area contributed by atoms with Gasteiger partial charge in [-0.25, -0.2) is 0 Å². The highest BCUT2D eigenvalue weighted by Crippen LogP contribution is 2.52. The Labute approximate surface area is 167 Å². The molecule has 0 aromatic heterocycles. The fraction of sp³-hybridized carbons (Fsp3) is 0.909. The summed E-state index contributed by atoms with van der Waals surface area (Å²) >= 11 is 3.93. The fourth-order valence-corrected chi connectivity index (χ4v) is 9.43. The normalized spacial score (nSPS) is 46.5. The van der Waals surface area contributed by atoms with Gasteiger partial charge in [-0.1, -0.05) is 32.6 Å². The highest BCUT2D eigenvalue weighted by molar-refractivity contribution is 8.00. The summed E-state index contributed by atoms with van der Waals surface area (Å²) in [4.78, 5) is 27.0. The van der Waals surface area contributed by atoms with Gasteiger partial charge in [-0.3, -0.25) is 9.59 Å². The lowest BCUT2D eigenvalue weighted by Crippen LogP contribution is -2.56. The second kappa shape index (κ2) is 8.19. The molecule has 4 aliphatic carbocycles. The van der Waals surface area contributed by atoms with Crippen LogP contribution in [0.25, 0.3) is 0 Å². The molecule has 0 aromatic rings. The molecular weight excluding hydrogens is 360 g/mol. The average molecular weight is 395 g/mol. The predicted octanol–water partition coefficient (Wildman–Crippen LogP) is 5.38. The van der Waals surface area contributed by atoms with Crippen LogP contribution in [0.15, 0.2) is 0 Å². The Bertz CT molecular complexity index is 548. The molecule has 8 atom stereocenters. The standard InChI is InChI=1S/C22H34O2S2/c1-13-6-3-7-14(12-13)26-18-11-5-9-16-20(18)22(24)15-8-4-10-17(25-2)19(15)21(16)23/h13-20H,3-12H2,1-2H3. The van der Waals surface area contributed by atoms with Gasteiger partial charge in [0.05, 0.1) is 0 Å². The molecule has 0 amide bonds. The highest BCUT2D eigenvalue weighted by Gasteiger charge is 2.55. The van der Waals surface area contributed by atoms with Crippen LogP contribution in [0.2, 0.25) is 0 Å². The first-order chi connectivity index (χ1) is 12.6. The van der Waals surface area contributed by atoms with Crippen LogP contribution in [0.4, 0.5) is 0 Å². The lowest BCUT2D eigenvalue weighted by atomic mass is 9.58.